The molecule has 1 aliphatic heterocycles. The molecule has 0 aliphatic carbocycles. The van der Waals surface area contributed by atoms with Crippen LogP contribution in [0.1, 0.15) is 38.2 Å². The van der Waals surface area contributed by atoms with E-state index in [1.807, 2.05) is 0 Å². The normalized spacial score (nSPS) is 17.4. The van der Waals surface area contributed by atoms with Crippen molar-refractivity contribution in [2.45, 2.75) is 39.0 Å². The first-order valence-corrected chi connectivity index (χ1v) is 7.44. The van der Waals surface area contributed by atoms with E-state index in [1.54, 1.807) is 4.90 Å². The third-order valence-corrected chi connectivity index (χ3v) is 3.88. The van der Waals surface area contributed by atoms with Crippen molar-refractivity contribution in [1.82, 2.24) is 0 Å². The Balaban J connectivity index is 1.77. The molecule has 100 valence electrons. The molecule has 2 heteroatoms. The Morgan fingerprint density at radius 3 is 2.50 bits per heavy atom. The molecule has 1 heterocycles. The minimum atomic E-state index is 0.854. The molecule has 2 nitrogen and oxygen atoms in total. The van der Waals surface area contributed by atoms with Gasteiger partial charge in [0.05, 0.1) is 13.1 Å². The lowest BCUT2D eigenvalue weighted by molar-refractivity contribution is -0.899. The second-order valence-corrected chi connectivity index (χ2v) is 5.22. The molecule has 1 saturated heterocycles. The molecule has 1 aromatic carbocycles. The molecule has 0 saturated carbocycles. The highest BCUT2D eigenvalue weighted by Gasteiger charge is 2.12. The minimum Gasteiger partial charge on any atom is -0.487 e. The summed E-state index contributed by atoms with van der Waals surface area (Å²) in [6.07, 6.45) is 6.67. The maximum absolute atomic E-state index is 5.95. The number of benzene rings is 1. The summed E-state index contributed by atoms with van der Waals surface area (Å²) >= 11 is 0. The van der Waals surface area contributed by atoms with Crippen LogP contribution < -0.4 is 9.64 Å². The smallest absolute Gasteiger partial charge is 0.137 e. The number of hydrogen-bond donors (Lipinski definition) is 1. The number of quaternary nitrogens is 1. The van der Waals surface area contributed by atoms with Gasteiger partial charge in [-0.3, -0.25) is 0 Å². The van der Waals surface area contributed by atoms with E-state index in [-0.39, 0.29) is 0 Å². The highest BCUT2D eigenvalue weighted by Crippen LogP contribution is 2.17. The average Bonchev–Trinajstić information content (AvgIpc) is 2.68. The van der Waals surface area contributed by atoms with Gasteiger partial charge in [-0.2, -0.15) is 0 Å². The number of nitrogens with one attached hydrogen (secondary N) is 1. The van der Waals surface area contributed by atoms with Gasteiger partial charge in [-0.15, -0.1) is 0 Å². The van der Waals surface area contributed by atoms with E-state index in [0.29, 0.717) is 0 Å². The first-order chi connectivity index (χ1) is 8.90. The summed E-state index contributed by atoms with van der Waals surface area (Å²) in [5, 5.41) is 0. The zero-order valence-electron chi connectivity index (χ0n) is 11.6. The number of likely N-dealkylation sites (tertiary alicyclic amines) is 1. The van der Waals surface area contributed by atoms with Crippen molar-refractivity contribution in [3.05, 3.63) is 29.8 Å². The molecule has 1 N–H and O–H groups in total. The predicted molar refractivity (Wildman–Crippen MR) is 75.3 cm³/mol. The van der Waals surface area contributed by atoms with Crippen molar-refractivity contribution >= 4 is 0 Å². The van der Waals surface area contributed by atoms with Gasteiger partial charge in [0.15, 0.2) is 0 Å². The van der Waals surface area contributed by atoms with Gasteiger partial charge in [0.2, 0.25) is 0 Å². The SMILES string of the molecule is CCc1ccccc1OCC[NH+]1CCCCCC1. The van der Waals surface area contributed by atoms with Crippen LogP contribution in [0.15, 0.2) is 24.3 Å². The van der Waals surface area contributed by atoms with Gasteiger partial charge in [0, 0.05) is 0 Å². The fourth-order valence-corrected chi connectivity index (χ4v) is 2.72. The molecule has 0 unspecified atom stereocenters. The molecule has 0 spiro atoms. The molecule has 0 radical (unpaired) electrons. The Bertz CT molecular complexity index is 343. The summed E-state index contributed by atoms with van der Waals surface area (Å²) in [6, 6.07) is 8.41. The lowest BCUT2D eigenvalue weighted by Gasteiger charge is -2.17. The lowest BCUT2D eigenvalue weighted by Crippen LogP contribution is -3.12. The van der Waals surface area contributed by atoms with Gasteiger partial charge in [0.1, 0.15) is 18.9 Å². The van der Waals surface area contributed by atoms with E-state index in [2.05, 4.69) is 31.2 Å². The molecule has 18 heavy (non-hydrogen) atoms. The van der Waals surface area contributed by atoms with Crippen molar-refractivity contribution in [3.8, 4) is 5.75 Å². The van der Waals surface area contributed by atoms with Gasteiger partial charge in [0.25, 0.3) is 0 Å². The van der Waals surface area contributed by atoms with Gasteiger partial charge in [-0.25, -0.2) is 0 Å². The molecule has 0 bridgehead atoms. The third-order valence-electron chi connectivity index (χ3n) is 3.88. The van der Waals surface area contributed by atoms with Crippen molar-refractivity contribution in [2.75, 3.05) is 26.2 Å². The molecule has 1 aromatic rings. The van der Waals surface area contributed by atoms with Crippen molar-refractivity contribution in [3.63, 3.8) is 0 Å². The third kappa shape index (κ3) is 4.02. The van der Waals surface area contributed by atoms with Crippen LogP contribution >= 0.6 is 0 Å². The number of para-hydroxylation sites is 1. The summed E-state index contributed by atoms with van der Waals surface area (Å²) in [5.41, 5.74) is 1.32. The van der Waals surface area contributed by atoms with Crippen LogP contribution in [0.25, 0.3) is 0 Å². The van der Waals surface area contributed by atoms with Gasteiger partial charge in [-0.05, 0) is 43.7 Å². The molecule has 0 amide bonds. The van der Waals surface area contributed by atoms with Crippen LogP contribution in [0.3, 0.4) is 0 Å². The van der Waals surface area contributed by atoms with Crippen LogP contribution in [0.2, 0.25) is 0 Å². The fraction of sp³-hybridized carbons (Fsp3) is 0.625. The van der Waals surface area contributed by atoms with Crippen LogP contribution in [0.5, 0.6) is 5.75 Å². The number of ether oxygens (including phenoxy) is 1. The van der Waals surface area contributed by atoms with E-state index in [0.717, 1.165) is 25.3 Å². The molecule has 0 atom stereocenters. The topological polar surface area (TPSA) is 13.7 Å². The van der Waals surface area contributed by atoms with Crippen molar-refractivity contribution in [1.29, 1.82) is 0 Å². The van der Waals surface area contributed by atoms with E-state index in [9.17, 15) is 0 Å². The Labute approximate surface area is 111 Å². The lowest BCUT2D eigenvalue weighted by atomic mass is 10.1. The monoisotopic (exact) mass is 248 g/mol. The van der Waals surface area contributed by atoms with E-state index < -0.39 is 0 Å². The highest BCUT2D eigenvalue weighted by atomic mass is 16.5. The molecule has 0 aromatic heterocycles. The average molecular weight is 248 g/mol. The molecular formula is C16H26NO+. The van der Waals surface area contributed by atoms with Crippen molar-refractivity contribution in [2.24, 2.45) is 0 Å². The summed E-state index contributed by atoms with van der Waals surface area (Å²) in [5.74, 6) is 1.08. The number of aryl methyl sites for hydroxylation is 1. The Morgan fingerprint density at radius 2 is 1.78 bits per heavy atom. The zero-order valence-corrected chi connectivity index (χ0v) is 11.6. The predicted octanol–water partition coefficient (Wildman–Crippen LogP) is 2.09. The van der Waals surface area contributed by atoms with Crippen molar-refractivity contribution < 1.29 is 9.64 Å². The summed E-state index contributed by atoms with van der Waals surface area (Å²) in [6.45, 7) is 6.85. The van der Waals surface area contributed by atoms with E-state index >= 15 is 0 Å². The highest BCUT2D eigenvalue weighted by molar-refractivity contribution is 5.33. The molecular weight excluding hydrogens is 222 g/mol. The van der Waals surface area contributed by atoms with Crippen LogP contribution in [-0.2, 0) is 6.42 Å². The second-order valence-electron chi connectivity index (χ2n) is 5.22. The fourth-order valence-electron chi connectivity index (χ4n) is 2.72. The Hall–Kier alpha value is -1.02. The summed E-state index contributed by atoms with van der Waals surface area (Å²) in [4.78, 5) is 1.72. The first-order valence-electron chi connectivity index (χ1n) is 7.44. The summed E-state index contributed by atoms with van der Waals surface area (Å²) in [7, 11) is 0. The first kappa shape index (κ1) is 13.4. The van der Waals surface area contributed by atoms with E-state index in [4.69, 9.17) is 4.74 Å². The van der Waals surface area contributed by atoms with Gasteiger partial charge >= 0.3 is 0 Å². The van der Waals surface area contributed by atoms with Crippen LogP contribution in [0.4, 0.5) is 0 Å². The van der Waals surface area contributed by atoms with Gasteiger partial charge in [-0.1, -0.05) is 25.1 Å². The Kier molecular flexibility index (Phi) is 5.53. The maximum Gasteiger partial charge on any atom is 0.137 e. The van der Waals surface area contributed by atoms with Crippen LogP contribution in [0, 0.1) is 0 Å². The molecule has 2 rings (SSSR count). The largest absolute Gasteiger partial charge is 0.487 e. The van der Waals surface area contributed by atoms with Gasteiger partial charge < -0.3 is 9.64 Å². The minimum absolute atomic E-state index is 0.854. The number of hydrogen-bond acceptors (Lipinski definition) is 1. The Morgan fingerprint density at radius 1 is 1.06 bits per heavy atom. The molecule has 1 fully saturated rings. The summed E-state index contributed by atoms with van der Waals surface area (Å²) < 4.78 is 5.95. The van der Waals surface area contributed by atoms with Crippen LogP contribution in [-0.4, -0.2) is 26.2 Å². The quantitative estimate of drug-likeness (QED) is 0.842. The zero-order chi connectivity index (χ0) is 12.6. The standard InChI is InChI=1S/C16H25NO/c1-2-15-9-5-6-10-16(15)18-14-13-17-11-7-3-4-8-12-17/h5-6,9-10H,2-4,7-8,11-14H2,1H3/p+1. The maximum atomic E-state index is 5.95. The molecule has 1 aliphatic rings. The number of rotatable bonds is 5. The second kappa shape index (κ2) is 7.42. The van der Waals surface area contributed by atoms with E-state index in [1.165, 1.54) is 44.3 Å².